The molecule has 1 aromatic heterocycles. The number of amides is 2. The van der Waals surface area contributed by atoms with Gasteiger partial charge in [0.25, 0.3) is 0 Å². The molecule has 0 bridgehead atoms. The van der Waals surface area contributed by atoms with Crippen LogP contribution in [0.1, 0.15) is 12.0 Å². The largest absolute Gasteiger partial charge is 0.324 e. The van der Waals surface area contributed by atoms with E-state index in [9.17, 15) is 14.0 Å². The van der Waals surface area contributed by atoms with Gasteiger partial charge in [-0.3, -0.25) is 14.5 Å². The van der Waals surface area contributed by atoms with Crippen molar-refractivity contribution >= 4 is 46.3 Å². The molecule has 4 rings (SSSR count). The average molecular weight is 423 g/mol. The van der Waals surface area contributed by atoms with Crippen LogP contribution in [-0.2, 0) is 9.59 Å². The Balaban J connectivity index is 1.61. The third-order valence-corrected chi connectivity index (χ3v) is 4.74. The number of hydrogen-bond donors (Lipinski definition) is 1. The fourth-order valence-electron chi connectivity index (χ4n) is 3.11. The lowest BCUT2D eigenvalue weighted by molar-refractivity contribution is -0.120. The summed E-state index contributed by atoms with van der Waals surface area (Å²) in [6.07, 6.45) is 1.53. The number of rotatable bonds is 4. The van der Waals surface area contributed by atoms with E-state index in [4.69, 9.17) is 11.6 Å². The lowest BCUT2D eigenvalue weighted by Gasteiger charge is -2.20. The van der Waals surface area contributed by atoms with Gasteiger partial charge < -0.3 is 5.32 Å². The number of carbonyl (C=O) groups is 2. The number of anilines is 2. The molecule has 0 unspecified atom stereocenters. The molecule has 150 valence electrons. The minimum absolute atomic E-state index is 0.00869. The molecule has 1 aliphatic rings. The summed E-state index contributed by atoms with van der Waals surface area (Å²) in [5.41, 5.74) is 2.10. The molecule has 0 aliphatic carbocycles. The van der Waals surface area contributed by atoms with Crippen molar-refractivity contribution < 1.29 is 14.0 Å². The third kappa shape index (κ3) is 4.36. The van der Waals surface area contributed by atoms with Crippen molar-refractivity contribution in [2.75, 3.05) is 16.8 Å². The predicted octanol–water partition coefficient (Wildman–Crippen LogP) is 4.37. The Morgan fingerprint density at radius 1 is 1.13 bits per heavy atom. The van der Waals surface area contributed by atoms with Gasteiger partial charge in [-0.1, -0.05) is 29.8 Å². The standard InChI is InChI=1S/C22H16ClFN4O2/c23-15-8-6-14(7-9-15)19-12-21(30)28(22-18(27-19)5-2-10-25-22)13-20(29)26-17-4-1-3-16(24)11-17/h1-11H,12-13H2,(H,26,29). The fraction of sp³-hybridized carbons (Fsp3) is 0.0909. The molecule has 2 heterocycles. The van der Waals surface area contributed by atoms with Crippen LogP contribution in [-0.4, -0.2) is 29.1 Å². The highest BCUT2D eigenvalue weighted by atomic mass is 35.5. The second kappa shape index (κ2) is 8.42. The van der Waals surface area contributed by atoms with E-state index in [1.165, 1.54) is 29.3 Å². The van der Waals surface area contributed by atoms with Gasteiger partial charge in [0.15, 0.2) is 5.82 Å². The summed E-state index contributed by atoms with van der Waals surface area (Å²) in [5.74, 6) is -0.969. The molecular weight excluding hydrogens is 407 g/mol. The Hall–Kier alpha value is -3.58. The lowest BCUT2D eigenvalue weighted by atomic mass is 10.1. The maximum atomic E-state index is 13.4. The number of halogens is 2. The number of pyridine rings is 1. The lowest BCUT2D eigenvalue weighted by Crippen LogP contribution is -2.39. The monoisotopic (exact) mass is 422 g/mol. The van der Waals surface area contributed by atoms with E-state index in [0.717, 1.165) is 5.56 Å². The number of fused-ring (bicyclic) bond motifs is 1. The zero-order valence-corrected chi connectivity index (χ0v) is 16.4. The minimum atomic E-state index is -0.472. The highest BCUT2D eigenvalue weighted by molar-refractivity contribution is 6.30. The molecule has 0 saturated heterocycles. The molecule has 2 aromatic carbocycles. The smallest absolute Gasteiger partial charge is 0.244 e. The zero-order valence-electron chi connectivity index (χ0n) is 15.7. The second-order valence-electron chi connectivity index (χ2n) is 6.63. The summed E-state index contributed by atoms with van der Waals surface area (Å²) in [6, 6.07) is 16.0. The van der Waals surface area contributed by atoms with Crippen molar-refractivity contribution in [2.24, 2.45) is 4.99 Å². The van der Waals surface area contributed by atoms with E-state index < -0.39 is 11.7 Å². The van der Waals surface area contributed by atoms with Crippen LogP contribution >= 0.6 is 11.6 Å². The number of hydrogen-bond acceptors (Lipinski definition) is 4. The Morgan fingerprint density at radius 3 is 2.70 bits per heavy atom. The molecule has 0 radical (unpaired) electrons. The Kier molecular flexibility index (Phi) is 5.54. The maximum absolute atomic E-state index is 13.4. The predicted molar refractivity (Wildman–Crippen MR) is 114 cm³/mol. The Morgan fingerprint density at radius 2 is 1.93 bits per heavy atom. The Bertz CT molecular complexity index is 1150. The third-order valence-electron chi connectivity index (χ3n) is 4.48. The SMILES string of the molecule is O=C(CN1C(=O)CC(c2ccc(Cl)cc2)=Nc2cccnc21)Nc1cccc(F)c1. The first-order valence-electron chi connectivity index (χ1n) is 9.14. The Labute approximate surface area is 177 Å². The average Bonchev–Trinajstić information content (AvgIpc) is 2.85. The number of aliphatic imine (C=N–C) groups is 1. The van der Waals surface area contributed by atoms with Crippen molar-refractivity contribution in [3.63, 3.8) is 0 Å². The first-order chi connectivity index (χ1) is 14.5. The van der Waals surface area contributed by atoms with E-state index in [0.29, 0.717) is 27.9 Å². The number of carbonyl (C=O) groups excluding carboxylic acids is 2. The first-order valence-corrected chi connectivity index (χ1v) is 9.52. The second-order valence-corrected chi connectivity index (χ2v) is 7.06. The molecule has 0 fully saturated rings. The van der Waals surface area contributed by atoms with E-state index in [-0.39, 0.29) is 18.9 Å². The number of benzene rings is 2. The van der Waals surface area contributed by atoms with Crippen LogP contribution in [0.5, 0.6) is 0 Å². The van der Waals surface area contributed by atoms with Gasteiger partial charge in [0, 0.05) is 16.9 Å². The summed E-state index contributed by atoms with van der Waals surface area (Å²) in [5, 5.41) is 3.18. The molecule has 0 spiro atoms. The summed E-state index contributed by atoms with van der Waals surface area (Å²) >= 11 is 5.96. The highest BCUT2D eigenvalue weighted by Crippen LogP contribution is 2.31. The van der Waals surface area contributed by atoms with Crippen LogP contribution in [0.4, 0.5) is 21.6 Å². The van der Waals surface area contributed by atoms with Crippen LogP contribution in [0.3, 0.4) is 0 Å². The normalized spacial score (nSPS) is 13.3. The van der Waals surface area contributed by atoms with Crippen molar-refractivity contribution in [2.45, 2.75) is 6.42 Å². The van der Waals surface area contributed by atoms with Crippen molar-refractivity contribution in [3.05, 3.63) is 83.3 Å². The summed E-state index contributed by atoms with van der Waals surface area (Å²) in [6.45, 7) is -0.275. The van der Waals surface area contributed by atoms with Crippen LogP contribution in [0.15, 0.2) is 71.9 Å². The van der Waals surface area contributed by atoms with Gasteiger partial charge in [-0.25, -0.2) is 14.4 Å². The van der Waals surface area contributed by atoms with Gasteiger partial charge in [0.2, 0.25) is 11.8 Å². The summed E-state index contributed by atoms with van der Waals surface area (Å²) in [7, 11) is 0. The topological polar surface area (TPSA) is 74.7 Å². The molecule has 1 N–H and O–H groups in total. The molecule has 6 nitrogen and oxygen atoms in total. The first kappa shape index (κ1) is 19.7. The molecule has 2 amide bonds. The summed E-state index contributed by atoms with van der Waals surface area (Å²) in [4.78, 5) is 35.7. The quantitative estimate of drug-likeness (QED) is 0.678. The van der Waals surface area contributed by atoms with E-state index in [2.05, 4.69) is 15.3 Å². The van der Waals surface area contributed by atoms with Crippen LogP contribution in [0.25, 0.3) is 0 Å². The van der Waals surface area contributed by atoms with Gasteiger partial charge in [-0.15, -0.1) is 0 Å². The number of nitrogens with one attached hydrogen (secondary N) is 1. The van der Waals surface area contributed by atoms with Crippen molar-refractivity contribution in [1.82, 2.24) is 4.98 Å². The zero-order chi connectivity index (χ0) is 21.1. The molecule has 0 saturated carbocycles. The molecular formula is C22H16ClFN4O2. The van der Waals surface area contributed by atoms with Gasteiger partial charge in [0.05, 0.1) is 12.1 Å². The van der Waals surface area contributed by atoms with Gasteiger partial charge in [-0.2, -0.15) is 0 Å². The molecule has 8 heteroatoms. The van der Waals surface area contributed by atoms with Gasteiger partial charge in [-0.05, 0) is 48.0 Å². The van der Waals surface area contributed by atoms with Gasteiger partial charge >= 0.3 is 0 Å². The van der Waals surface area contributed by atoms with Crippen molar-refractivity contribution in [3.8, 4) is 0 Å². The minimum Gasteiger partial charge on any atom is -0.324 e. The van der Waals surface area contributed by atoms with Crippen LogP contribution in [0.2, 0.25) is 5.02 Å². The van der Waals surface area contributed by atoms with E-state index in [1.807, 2.05) is 0 Å². The van der Waals surface area contributed by atoms with Crippen LogP contribution < -0.4 is 10.2 Å². The molecule has 3 aromatic rings. The van der Waals surface area contributed by atoms with E-state index in [1.54, 1.807) is 42.5 Å². The molecule has 1 aliphatic heterocycles. The molecule has 30 heavy (non-hydrogen) atoms. The summed E-state index contributed by atoms with van der Waals surface area (Å²) < 4.78 is 13.4. The van der Waals surface area contributed by atoms with Crippen molar-refractivity contribution in [1.29, 1.82) is 0 Å². The number of nitrogens with zero attached hydrogens (tertiary/aromatic N) is 3. The maximum Gasteiger partial charge on any atom is 0.244 e. The van der Waals surface area contributed by atoms with Gasteiger partial charge in [0.1, 0.15) is 18.0 Å². The highest BCUT2D eigenvalue weighted by Gasteiger charge is 2.27. The fourth-order valence-corrected chi connectivity index (χ4v) is 3.23. The molecule has 0 atom stereocenters. The number of aromatic nitrogens is 1. The van der Waals surface area contributed by atoms with Crippen LogP contribution in [0, 0.1) is 5.82 Å². The van der Waals surface area contributed by atoms with E-state index >= 15 is 0 Å².